The Morgan fingerprint density at radius 3 is 2.80 bits per heavy atom. The standard InChI is InChI=1S/C4H5F2N3S/c5-4(6,1-7)3-9-8-2-10-3/h2H,1,7H2. The first-order chi connectivity index (χ1) is 4.67. The van der Waals surface area contributed by atoms with Crippen molar-refractivity contribution in [1.29, 1.82) is 0 Å². The fourth-order valence-corrected chi connectivity index (χ4v) is 0.964. The molecule has 6 heteroatoms. The van der Waals surface area contributed by atoms with Gasteiger partial charge in [0.15, 0.2) is 5.01 Å². The molecule has 2 N–H and O–H groups in total. The number of alkyl halides is 2. The normalized spacial score (nSPS) is 11.9. The second kappa shape index (κ2) is 2.55. The summed E-state index contributed by atoms with van der Waals surface area (Å²) in [7, 11) is 0. The number of halogens is 2. The lowest BCUT2D eigenvalue weighted by molar-refractivity contribution is 0.00508. The Morgan fingerprint density at radius 1 is 1.70 bits per heavy atom. The average molecular weight is 165 g/mol. The predicted octanol–water partition coefficient (Wildman–Crippen LogP) is 0.589. The predicted molar refractivity (Wildman–Crippen MR) is 32.9 cm³/mol. The lowest BCUT2D eigenvalue weighted by Crippen LogP contribution is -2.24. The summed E-state index contributed by atoms with van der Waals surface area (Å²) < 4.78 is 25.0. The fraction of sp³-hybridized carbons (Fsp3) is 0.500. The molecule has 0 unspecified atom stereocenters. The smallest absolute Gasteiger partial charge is 0.312 e. The number of aromatic nitrogens is 2. The number of hydrogen-bond acceptors (Lipinski definition) is 4. The van der Waals surface area contributed by atoms with Crippen molar-refractivity contribution in [3.05, 3.63) is 10.5 Å². The molecule has 1 aromatic rings. The molecule has 0 spiro atoms. The first kappa shape index (κ1) is 7.49. The molecule has 56 valence electrons. The Balaban J connectivity index is 2.85. The molecule has 0 saturated heterocycles. The van der Waals surface area contributed by atoms with E-state index in [2.05, 4.69) is 10.2 Å². The zero-order valence-corrected chi connectivity index (χ0v) is 5.74. The molecule has 1 rings (SSSR count). The molecule has 10 heavy (non-hydrogen) atoms. The SMILES string of the molecule is NCC(F)(F)c1nncs1. The largest absolute Gasteiger partial charge is 0.325 e. The number of nitrogens with two attached hydrogens (primary N) is 1. The van der Waals surface area contributed by atoms with Crippen LogP contribution in [-0.4, -0.2) is 16.7 Å². The summed E-state index contributed by atoms with van der Waals surface area (Å²) in [5.74, 6) is -3.01. The highest BCUT2D eigenvalue weighted by Gasteiger charge is 2.32. The van der Waals surface area contributed by atoms with Crippen LogP contribution in [0.15, 0.2) is 5.51 Å². The maximum absolute atomic E-state index is 12.5. The van der Waals surface area contributed by atoms with Gasteiger partial charge < -0.3 is 5.73 Å². The van der Waals surface area contributed by atoms with Gasteiger partial charge in [-0.3, -0.25) is 0 Å². The first-order valence-corrected chi connectivity index (χ1v) is 3.39. The van der Waals surface area contributed by atoms with Crippen molar-refractivity contribution in [1.82, 2.24) is 10.2 Å². The van der Waals surface area contributed by atoms with Crippen LogP contribution < -0.4 is 5.73 Å². The van der Waals surface area contributed by atoms with Crippen LogP contribution in [-0.2, 0) is 5.92 Å². The average Bonchev–Trinajstić information content (AvgIpc) is 2.38. The van der Waals surface area contributed by atoms with E-state index in [-0.39, 0.29) is 5.01 Å². The van der Waals surface area contributed by atoms with E-state index in [4.69, 9.17) is 5.73 Å². The van der Waals surface area contributed by atoms with E-state index in [1.54, 1.807) is 0 Å². The van der Waals surface area contributed by atoms with Gasteiger partial charge >= 0.3 is 5.92 Å². The molecular formula is C4H5F2N3S. The van der Waals surface area contributed by atoms with Crippen molar-refractivity contribution in [2.24, 2.45) is 5.73 Å². The van der Waals surface area contributed by atoms with Gasteiger partial charge in [0.05, 0.1) is 6.54 Å². The number of hydrogen-bond donors (Lipinski definition) is 1. The van der Waals surface area contributed by atoms with Crippen LogP contribution in [0.25, 0.3) is 0 Å². The molecule has 0 aliphatic carbocycles. The Morgan fingerprint density at radius 2 is 2.40 bits per heavy atom. The molecule has 3 nitrogen and oxygen atoms in total. The number of nitrogens with zero attached hydrogens (tertiary/aromatic N) is 2. The minimum absolute atomic E-state index is 0.324. The van der Waals surface area contributed by atoms with E-state index in [1.807, 2.05) is 0 Å². The Bertz CT molecular complexity index is 198. The molecule has 1 aromatic heterocycles. The molecule has 0 aromatic carbocycles. The molecule has 1 heterocycles. The summed E-state index contributed by atoms with van der Waals surface area (Å²) in [5.41, 5.74) is 6.04. The van der Waals surface area contributed by atoms with E-state index in [9.17, 15) is 8.78 Å². The van der Waals surface area contributed by atoms with E-state index in [0.717, 1.165) is 11.3 Å². The lowest BCUT2D eigenvalue weighted by atomic mass is 10.4. The van der Waals surface area contributed by atoms with Crippen molar-refractivity contribution in [3.8, 4) is 0 Å². The van der Waals surface area contributed by atoms with Crippen LogP contribution >= 0.6 is 11.3 Å². The minimum atomic E-state index is -3.01. The summed E-state index contributed by atoms with van der Waals surface area (Å²) in [4.78, 5) is 0. The summed E-state index contributed by atoms with van der Waals surface area (Å²) in [6.07, 6.45) is 0. The van der Waals surface area contributed by atoms with Crippen molar-refractivity contribution >= 4 is 11.3 Å². The molecular weight excluding hydrogens is 160 g/mol. The highest BCUT2D eigenvalue weighted by Crippen LogP contribution is 2.26. The van der Waals surface area contributed by atoms with E-state index in [1.165, 1.54) is 5.51 Å². The highest BCUT2D eigenvalue weighted by atomic mass is 32.1. The maximum atomic E-state index is 12.5. The second-order valence-electron chi connectivity index (χ2n) is 1.65. The van der Waals surface area contributed by atoms with Crippen LogP contribution in [0.1, 0.15) is 5.01 Å². The van der Waals surface area contributed by atoms with Gasteiger partial charge in [-0.15, -0.1) is 10.2 Å². The van der Waals surface area contributed by atoms with Gasteiger partial charge in [-0.25, -0.2) is 0 Å². The zero-order valence-electron chi connectivity index (χ0n) is 4.92. The summed E-state index contributed by atoms with van der Waals surface area (Å²) in [6.45, 7) is -0.720. The molecule has 0 fully saturated rings. The summed E-state index contributed by atoms with van der Waals surface area (Å²) >= 11 is 0.802. The van der Waals surface area contributed by atoms with Gasteiger partial charge in [0.2, 0.25) is 0 Å². The van der Waals surface area contributed by atoms with Crippen LogP contribution in [0.2, 0.25) is 0 Å². The molecule has 0 aliphatic rings. The zero-order chi connectivity index (χ0) is 7.61. The van der Waals surface area contributed by atoms with Gasteiger partial charge in [0.25, 0.3) is 0 Å². The van der Waals surface area contributed by atoms with Gasteiger partial charge in [0, 0.05) is 0 Å². The van der Waals surface area contributed by atoms with Crippen molar-refractivity contribution in [3.63, 3.8) is 0 Å². The fourth-order valence-electron chi connectivity index (χ4n) is 0.420. The third-order valence-corrected chi connectivity index (χ3v) is 1.73. The van der Waals surface area contributed by atoms with E-state index >= 15 is 0 Å². The first-order valence-electron chi connectivity index (χ1n) is 2.51. The van der Waals surface area contributed by atoms with Gasteiger partial charge in [-0.1, -0.05) is 11.3 Å². The highest BCUT2D eigenvalue weighted by molar-refractivity contribution is 7.09. The molecule has 0 radical (unpaired) electrons. The minimum Gasteiger partial charge on any atom is -0.325 e. The maximum Gasteiger partial charge on any atom is 0.312 e. The molecule has 0 saturated carbocycles. The monoisotopic (exact) mass is 165 g/mol. The number of rotatable bonds is 2. The van der Waals surface area contributed by atoms with E-state index < -0.39 is 12.5 Å². The summed E-state index contributed by atoms with van der Waals surface area (Å²) in [5, 5.41) is 6.14. The van der Waals surface area contributed by atoms with Gasteiger partial charge in [0.1, 0.15) is 5.51 Å². The van der Waals surface area contributed by atoms with Crippen molar-refractivity contribution in [2.75, 3.05) is 6.54 Å². The van der Waals surface area contributed by atoms with Crippen LogP contribution in [0.4, 0.5) is 8.78 Å². The molecule has 0 bridgehead atoms. The topological polar surface area (TPSA) is 51.8 Å². The molecule has 0 amide bonds. The van der Waals surface area contributed by atoms with E-state index in [0.29, 0.717) is 0 Å². The quantitative estimate of drug-likeness (QED) is 0.697. The summed E-state index contributed by atoms with van der Waals surface area (Å²) in [6, 6.07) is 0. The van der Waals surface area contributed by atoms with Crippen LogP contribution in [0.3, 0.4) is 0 Å². The molecule has 0 atom stereocenters. The van der Waals surface area contributed by atoms with Gasteiger partial charge in [-0.05, 0) is 0 Å². The van der Waals surface area contributed by atoms with Crippen LogP contribution in [0, 0.1) is 0 Å². The Hall–Kier alpha value is -0.620. The van der Waals surface area contributed by atoms with Gasteiger partial charge in [-0.2, -0.15) is 8.78 Å². The molecule has 0 aliphatic heterocycles. The Labute approximate surface area is 59.9 Å². The van der Waals surface area contributed by atoms with Crippen molar-refractivity contribution < 1.29 is 8.78 Å². The van der Waals surface area contributed by atoms with Crippen LogP contribution in [0.5, 0.6) is 0 Å². The second-order valence-corrected chi connectivity index (χ2v) is 2.49. The Kier molecular flexibility index (Phi) is 1.91. The third-order valence-electron chi connectivity index (χ3n) is 0.929. The lowest BCUT2D eigenvalue weighted by Gasteiger charge is -2.07. The van der Waals surface area contributed by atoms with Crippen molar-refractivity contribution in [2.45, 2.75) is 5.92 Å². The third kappa shape index (κ3) is 1.27.